The van der Waals surface area contributed by atoms with Gasteiger partial charge in [0.2, 0.25) is 5.91 Å². The molecule has 3 rings (SSSR count). The number of nitro groups is 1. The summed E-state index contributed by atoms with van der Waals surface area (Å²) in [5, 5.41) is 13.9. The molecule has 0 aliphatic rings. The van der Waals surface area contributed by atoms with Crippen molar-refractivity contribution < 1.29 is 9.72 Å². The summed E-state index contributed by atoms with van der Waals surface area (Å²) in [6, 6.07) is 8.30. The summed E-state index contributed by atoms with van der Waals surface area (Å²) in [4.78, 5) is 39.6. The molecule has 1 heterocycles. The first-order valence-electron chi connectivity index (χ1n) is 10.5. The van der Waals surface area contributed by atoms with E-state index in [-0.39, 0.29) is 28.9 Å². The fourth-order valence-corrected chi connectivity index (χ4v) is 3.73. The highest BCUT2D eigenvalue weighted by atomic mass is 16.6. The van der Waals surface area contributed by atoms with Crippen LogP contribution in [0.5, 0.6) is 0 Å². The van der Waals surface area contributed by atoms with Gasteiger partial charge < -0.3 is 5.32 Å². The van der Waals surface area contributed by atoms with E-state index in [1.165, 1.54) is 46.8 Å². The van der Waals surface area contributed by atoms with Gasteiger partial charge in [0.1, 0.15) is 6.54 Å². The first-order chi connectivity index (χ1) is 15.0. The molecular weight excluding hydrogens is 408 g/mol. The highest BCUT2D eigenvalue weighted by Crippen LogP contribution is 2.27. The molecule has 0 bridgehead atoms. The molecular formula is C24H28N4O4. The Morgan fingerprint density at radius 3 is 2.41 bits per heavy atom. The lowest BCUT2D eigenvalue weighted by molar-refractivity contribution is -0.384. The van der Waals surface area contributed by atoms with Crippen LogP contribution in [-0.4, -0.2) is 26.9 Å². The Bertz CT molecular complexity index is 1230. The highest BCUT2D eigenvalue weighted by molar-refractivity contribution is 5.80. The average molecular weight is 437 g/mol. The van der Waals surface area contributed by atoms with Crippen molar-refractivity contribution in [3.8, 4) is 0 Å². The predicted molar refractivity (Wildman–Crippen MR) is 124 cm³/mol. The van der Waals surface area contributed by atoms with Crippen LogP contribution < -0.4 is 10.9 Å². The van der Waals surface area contributed by atoms with E-state index in [2.05, 4.69) is 57.1 Å². The first-order valence-corrected chi connectivity index (χ1v) is 10.5. The number of aryl methyl sites for hydroxylation is 2. The van der Waals surface area contributed by atoms with Crippen molar-refractivity contribution >= 4 is 22.5 Å². The van der Waals surface area contributed by atoms with Gasteiger partial charge in [-0.25, -0.2) is 4.98 Å². The van der Waals surface area contributed by atoms with Crippen LogP contribution in [0.4, 0.5) is 5.69 Å². The van der Waals surface area contributed by atoms with Crippen LogP contribution in [0.15, 0.2) is 41.5 Å². The second-order valence-corrected chi connectivity index (χ2v) is 9.07. The fraction of sp³-hybridized carbons (Fsp3) is 0.375. The van der Waals surface area contributed by atoms with Gasteiger partial charge in [0.05, 0.1) is 22.2 Å². The standard InChI is InChI=1S/C24H28N4O4/c1-15-10-17(24(3,4)5)11-16(2)19(15)8-9-25-22(29)13-27-14-26-21-7-6-18(28(31)32)12-20(21)23(27)30/h6-7,10-12,14H,8-9,13H2,1-5H3,(H,25,29). The van der Waals surface area contributed by atoms with E-state index in [1.54, 1.807) is 0 Å². The van der Waals surface area contributed by atoms with Gasteiger partial charge in [-0.15, -0.1) is 0 Å². The van der Waals surface area contributed by atoms with Crippen molar-refractivity contribution in [2.24, 2.45) is 0 Å². The predicted octanol–water partition coefficient (Wildman–Crippen LogP) is 3.58. The smallest absolute Gasteiger partial charge is 0.270 e. The lowest BCUT2D eigenvalue weighted by Crippen LogP contribution is -2.33. The minimum atomic E-state index is -0.569. The number of amides is 1. The topological polar surface area (TPSA) is 107 Å². The van der Waals surface area contributed by atoms with Crippen LogP contribution in [0.25, 0.3) is 10.9 Å². The summed E-state index contributed by atoms with van der Waals surface area (Å²) >= 11 is 0. The number of nitrogens with zero attached hydrogens (tertiary/aromatic N) is 3. The SMILES string of the molecule is Cc1cc(C(C)(C)C)cc(C)c1CCNC(=O)Cn1cnc2ccc([N+](=O)[O-])cc2c1=O. The van der Waals surface area contributed by atoms with Gasteiger partial charge in [0.25, 0.3) is 11.2 Å². The Balaban J connectivity index is 1.68. The second-order valence-electron chi connectivity index (χ2n) is 9.07. The zero-order chi connectivity index (χ0) is 23.6. The Labute approximate surface area is 186 Å². The molecule has 0 radical (unpaired) electrons. The Kier molecular flexibility index (Phi) is 6.43. The number of carbonyl (C=O) groups is 1. The largest absolute Gasteiger partial charge is 0.354 e. The zero-order valence-electron chi connectivity index (χ0n) is 19.1. The van der Waals surface area contributed by atoms with Crippen LogP contribution >= 0.6 is 0 Å². The van der Waals surface area contributed by atoms with Gasteiger partial charge in [-0.05, 0) is 54.0 Å². The van der Waals surface area contributed by atoms with E-state index in [1.807, 2.05) is 0 Å². The van der Waals surface area contributed by atoms with E-state index in [0.29, 0.717) is 18.5 Å². The van der Waals surface area contributed by atoms with Crippen LogP contribution in [0.1, 0.15) is 43.0 Å². The molecule has 168 valence electrons. The van der Waals surface area contributed by atoms with E-state index >= 15 is 0 Å². The molecule has 0 aliphatic heterocycles. The summed E-state index contributed by atoms with van der Waals surface area (Å²) in [7, 11) is 0. The molecule has 2 aromatic carbocycles. The molecule has 0 saturated carbocycles. The number of rotatable bonds is 6. The van der Waals surface area contributed by atoms with Gasteiger partial charge >= 0.3 is 0 Å². The second kappa shape index (κ2) is 8.90. The Morgan fingerprint density at radius 2 is 1.81 bits per heavy atom. The molecule has 0 atom stereocenters. The van der Waals surface area contributed by atoms with Gasteiger partial charge in [0, 0.05) is 18.7 Å². The molecule has 8 nitrogen and oxygen atoms in total. The lowest BCUT2D eigenvalue weighted by Gasteiger charge is -2.22. The van der Waals surface area contributed by atoms with E-state index in [9.17, 15) is 19.7 Å². The zero-order valence-corrected chi connectivity index (χ0v) is 19.1. The maximum absolute atomic E-state index is 12.7. The van der Waals surface area contributed by atoms with Crippen LogP contribution in [0.2, 0.25) is 0 Å². The molecule has 1 N–H and O–H groups in total. The molecule has 3 aromatic rings. The summed E-state index contributed by atoms with van der Waals surface area (Å²) in [5.41, 5.74) is 4.62. The number of benzene rings is 2. The third kappa shape index (κ3) is 5.01. The third-order valence-electron chi connectivity index (χ3n) is 5.59. The number of fused-ring (bicyclic) bond motifs is 1. The summed E-state index contributed by atoms with van der Waals surface area (Å²) in [6.07, 6.45) is 1.97. The number of hydrogen-bond donors (Lipinski definition) is 1. The van der Waals surface area contributed by atoms with Crippen molar-refractivity contribution in [1.82, 2.24) is 14.9 Å². The summed E-state index contributed by atoms with van der Waals surface area (Å²) in [5.74, 6) is -0.319. The van der Waals surface area contributed by atoms with E-state index in [4.69, 9.17) is 0 Å². The van der Waals surface area contributed by atoms with Gasteiger partial charge in [0.15, 0.2) is 0 Å². The van der Waals surface area contributed by atoms with Gasteiger partial charge in [-0.2, -0.15) is 0 Å². The monoisotopic (exact) mass is 436 g/mol. The highest BCUT2D eigenvalue weighted by Gasteiger charge is 2.17. The number of non-ortho nitro benzene ring substituents is 1. The van der Waals surface area contributed by atoms with Crippen molar-refractivity contribution in [3.05, 3.63) is 79.4 Å². The van der Waals surface area contributed by atoms with Crippen LogP contribution in [0.3, 0.4) is 0 Å². The summed E-state index contributed by atoms with van der Waals surface area (Å²) < 4.78 is 1.16. The Hall–Kier alpha value is -3.55. The minimum absolute atomic E-state index is 0.0733. The molecule has 0 fully saturated rings. The van der Waals surface area contributed by atoms with Crippen molar-refractivity contribution in [3.63, 3.8) is 0 Å². The molecule has 0 aliphatic carbocycles. The molecule has 0 spiro atoms. The normalized spacial score (nSPS) is 11.5. The molecule has 0 saturated heterocycles. The number of nitrogens with one attached hydrogen (secondary N) is 1. The van der Waals surface area contributed by atoms with Crippen LogP contribution in [-0.2, 0) is 23.2 Å². The summed E-state index contributed by atoms with van der Waals surface area (Å²) in [6.45, 7) is 11.0. The number of aromatic nitrogens is 2. The number of hydrogen-bond acceptors (Lipinski definition) is 5. The molecule has 8 heteroatoms. The minimum Gasteiger partial charge on any atom is -0.354 e. The van der Waals surface area contributed by atoms with E-state index in [0.717, 1.165) is 4.57 Å². The average Bonchev–Trinajstić information content (AvgIpc) is 2.71. The van der Waals surface area contributed by atoms with E-state index < -0.39 is 10.5 Å². The molecule has 1 amide bonds. The maximum Gasteiger partial charge on any atom is 0.270 e. The fourth-order valence-electron chi connectivity index (χ4n) is 3.73. The molecule has 32 heavy (non-hydrogen) atoms. The third-order valence-corrected chi connectivity index (χ3v) is 5.59. The lowest BCUT2D eigenvalue weighted by atomic mass is 9.83. The quantitative estimate of drug-likeness (QED) is 0.469. The molecule has 0 unspecified atom stereocenters. The van der Waals surface area contributed by atoms with Crippen molar-refractivity contribution in [2.75, 3.05) is 6.54 Å². The number of carbonyl (C=O) groups excluding carboxylic acids is 1. The van der Waals surface area contributed by atoms with Gasteiger partial charge in [-0.1, -0.05) is 32.9 Å². The van der Waals surface area contributed by atoms with Crippen molar-refractivity contribution in [1.29, 1.82) is 0 Å². The first kappa shape index (κ1) is 23.1. The maximum atomic E-state index is 12.7. The van der Waals surface area contributed by atoms with Crippen LogP contribution in [0, 0.1) is 24.0 Å². The number of nitro benzene ring substituents is 1. The molecule has 1 aromatic heterocycles. The van der Waals surface area contributed by atoms with Crippen molar-refractivity contribution in [2.45, 2.75) is 53.0 Å². The Morgan fingerprint density at radius 1 is 1.16 bits per heavy atom. The van der Waals surface area contributed by atoms with Gasteiger partial charge in [-0.3, -0.25) is 24.3 Å².